The molecule has 0 aromatic carbocycles. The van der Waals surface area contributed by atoms with E-state index < -0.39 is 0 Å². The highest BCUT2D eigenvalue weighted by molar-refractivity contribution is 14.0. The van der Waals surface area contributed by atoms with Gasteiger partial charge in [0.25, 0.3) is 0 Å². The molecule has 3 N–H and O–H groups in total. The zero-order chi connectivity index (χ0) is 12.6. The van der Waals surface area contributed by atoms with Gasteiger partial charge < -0.3 is 16.0 Å². The minimum absolute atomic E-state index is 0. The minimum atomic E-state index is 0. The number of hydrogen-bond donors (Lipinski definition) is 2. The Morgan fingerprint density at radius 3 is 2.29 bits per heavy atom. The highest BCUT2D eigenvalue weighted by Crippen LogP contribution is 1.94. The molecule has 0 spiro atoms. The molecule has 0 aliphatic carbocycles. The molecule has 0 aliphatic rings. The number of hydrogen-bond acceptors (Lipinski definition) is 2. The van der Waals surface area contributed by atoms with E-state index >= 15 is 0 Å². The van der Waals surface area contributed by atoms with E-state index in [2.05, 4.69) is 10.3 Å². The van der Waals surface area contributed by atoms with Crippen molar-refractivity contribution >= 4 is 35.8 Å². The van der Waals surface area contributed by atoms with Gasteiger partial charge in [-0.2, -0.15) is 0 Å². The van der Waals surface area contributed by atoms with Gasteiger partial charge in [0.05, 0.1) is 6.54 Å². The standard InChI is InChI=1S/C11H24N4O.HI/c1-5-15(6-2)10(16)7-8-13-11(12)14-9(3)4;/h9H,5-8H2,1-4H3,(H3,12,13,14);1H. The number of carbonyl (C=O) groups is 1. The van der Waals surface area contributed by atoms with Gasteiger partial charge in [0.2, 0.25) is 5.91 Å². The van der Waals surface area contributed by atoms with Crippen molar-refractivity contribution in [2.75, 3.05) is 19.6 Å². The Kier molecular flexibility index (Phi) is 11.8. The lowest BCUT2D eigenvalue weighted by Crippen LogP contribution is -2.37. The van der Waals surface area contributed by atoms with Crippen LogP contribution in [0.2, 0.25) is 0 Å². The number of amides is 1. The second-order valence-electron chi connectivity index (χ2n) is 3.88. The molecule has 0 aromatic rings. The zero-order valence-corrected chi connectivity index (χ0v) is 13.5. The van der Waals surface area contributed by atoms with Crippen molar-refractivity contribution in [3.05, 3.63) is 0 Å². The molecule has 0 unspecified atom stereocenters. The van der Waals surface area contributed by atoms with Crippen molar-refractivity contribution < 1.29 is 4.79 Å². The number of carbonyl (C=O) groups excluding carboxylic acids is 1. The molecule has 17 heavy (non-hydrogen) atoms. The van der Waals surface area contributed by atoms with Gasteiger partial charge in [0.15, 0.2) is 5.96 Å². The molecule has 5 nitrogen and oxygen atoms in total. The third-order valence-electron chi connectivity index (χ3n) is 2.16. The summed E-state index contributed by atoms with van der Waals surface area (Å²) in [6.07, 6.45) is 0.419. The fourth-order valence-electron chi connectivity index (χ4n) is 1.35. The average Bonchev–Trinajstić information content (AvgIpc) is 2.18. The normalized spacial score (nSPS) is 11.0. The first kappa shape index (κ1) is 18.8. The summed E-state index contributed by atoms with van der Waals surface area (Å²) in [4.78, 5) is 17.5. The Morgan fingerprint density at radius 1 is 1.35 bits per heavy atom. The van der Waals surface area contributed by atoms with Crippen molar-refractivity contribution in [1.29, 1.82) is 0 Å². The van der Waals surface area contributed by atoms with Crippen LogP contribution in [-0.4, -0.2) is 42.4 Å². The maximum Gasteiger partial charge on any atom is 0.224 e. The SMILES string of the molecule is CCN(CC)C(=O)CCN=C(N)NC(C)C.I. The van der Waals surface area contributed by atoms with Crippen LogP contribution in [-0.2, 0) is 4.79 Å². The molecule has 0 radical (unpaired) electrons. The van der Waals surface area contributed by atoms with Gasteiger partial charge in [-0.1, -0.05) is 0 Å². The summed E-state index contributed by atoms with van der Waals surface area (Å²) in [7, 11) is 0. The lowest BCUT2D eigenvalue weighted by molar-refractivity contribution is -0.130. The number of nitrogens with two attached hydrogens (primary N) is 1. The van der Waals surface area contributed by atoms with Gasteiger partial charge in [0.1, 0.15) is 0 Å². The van der Waals surface area contributed by atoms with E-state index in [4.69, 9.17) is 5.73 Å². The van der Waals surface area contributed by atoms with Gasteiger partial charge >= 0.3 is 0 Å². The summed E-state index contributed by atoms with van der Waals surface area (Å²) in [5, 5.41) is 2.98. The lowest BCUT2D eigenvalue weighted by Gasteiger charge is -2.17. The van der Waals surface area contributed by atoms with E-state index in [9.17, 15) is 4.79 Å². The summed E-state index contributed by atoms with van der Waals surface area (Å²) in [6.45, 7) is 9.87. The number of nitrogens with zero attached hydrogens (tertiary/aromatic N) is 2. The highest BCUT2D eigenvalue weighted by atomic mass is 127. The van der Waals surface area contributed by atoms with Crippen LogP contribution in [0.4, 0.5) is 0 Å². The van der Waals surface area contributed by atoms with Gasteiger partial charge in [-0.25, -0.2) is 0 Å². The zero-order valence-electron chi connectivity index (χ0n) is 11.2. The molecular weight excluding hydrogens is 331 g/mol. The Morgan fingerprint density at radius 2 is 1.88 bits per heavy atom. The second kappa shape index (κ2) is 10.6. The second-order valence-corrected chi connectivity index (χ2v) is 3.88. The van der Waals surface area contributed by atoms with Crippen LogP contribution in [0.3, 0.4) is 0 Å². The van der Waals surface area contributed by atoms with E-state index in [1.54, 1.807) is 4.90 Å². The number of nitrogens with one attached hydrogen (secondary N) is 1. The molecule has 0 saturated carbocycles. The molecule has 0 aromatic heterocycles. The average molecular weight is 356 g/mol. The molecule has 0 saturated heterocycles. The summed E-state index contributed by atoms with van der Waals surface area (Å²) in [5.74, 6) is 0.536. The first-order valence-electron chi connectivity index (χ1n) is 5.85. The van der Waals surface area contributed by atoms with Crippen molar-refractivity contribution in [2.45, 2.75) is 40.2 Å². The Balaban J connectivity index is 0. The first-order chi connectivity index (χ1) is 7.51. The largest absolute Gasteiger partial charge is 0.370 e. The van der Waals surface area contributed by atoms with Crippen LogP contribution < -0.4 is 11.1 Å². The van der Waals surface area contributed by atoms with E-state index in [-0.39, 0.29) is 35.9 Å². The third-order valence-corrected chi connectivity index (χ3v) is 2.16. The van der Waals surface area contributed by atoms with Crippen LogP contribution in [0.15, 0.2) is 4.99 Å². The summed E-state index contributed by atoms with van der Waals surface area (Å²) >= 11 is 0. The maximum atomic E-state index is 11.6. The molecule has 0 rings (SSSR count). The summed E-state index contributed by atoms with van der Waals surface area (Å²) in [6, 6.07) is 0.266. The molecule has 102 valence electrons. The summed E-state index contributed by atoms with van der Waals surface area (Å²) < 4.78 is 0. The quantitative estimate of drug-likeness (QED) is 0.427. The van der Waals surface area contributed by atoms with Gasteiger partial charge in [-0.3, -0.25) is 9.79 Å². The Bertz CT molecular complexity index is 240. The molecule has 0 heterocycles. The molecule has 6 heteroatoms. The monoisotopic (exact) mass is 356 g/mol. The molecular formula is C11H25IN4O. The van der Waals surface area contributed by atoms with E-state index in [1.807, 2.05) is 27.7 Å². The number of guanidine groups is 1. The maximum absolute atomic E-state index is 11.6. The summed E-state index contributed by atoms with van der Waals surface area (Å²) in [5.41, 5.74) is 5.62. The van der Waals surface area contributed by atoms with Crippen LogP contribution >= 0.6 is 24.0 Å². The van der Waals surface area contributed by atoms with E-state index in [0.29, 0.717) is 18.9 Å². The predicted molar refractivity (Wildman–Crippen MR) is 82.7 cm³/mol. The fraction of sp³-hybridized carbons (Fsp3) is 0.818. The fourth-order valence-corrected chi connectivity index (χ4v) is 1.35. The van der Waals surface area contributed by atoms with Crippen molar-refractivity contribution in [2.24, 2.45) is 10.7 Å². The van der Waals surface area contributed by atoms with Crippen molar-refractivity contribution in [3.8, 4) is 0 Å². The van der Waals surface area contributed by atoms with Crippen molar-refractivity contribution in [1.82, 2.24) is 10.2 Å². The predicted octanol–water partition coefficient (Wildman–Crippen LogP) is 1.18. The topological polar surface area (TPSA) is 70.7 Å². The molecule has 0 atom stereocenters. The van der Waals surface area contributed by atoms with Crippen LogP contribution in [0, 0.1) is 0 Å². The Hall–Kier alpha value is -0.530. The van der Waals surface area contributed by atoms with Crippen LogP contribution in [0.1, 0.15) is 34.1 Å². The number of rotatable bonds is 6. The molecule has 0 aliphatic heterocycles. The first-order valence-corrected chi connectivity index (χ1v) is 5.85. The molecule has 0 bridgehead atoms. The van der Waals surface area contributed by atoms with Crippen LogP contribution in [0.5, 0.6) is 0 Å². The smallest absolute Gasteiger partial charge is 0.224 e. The van der Waals surface area contributed by atoms with Gasteiger partial charge in [-0.15, -0.1) is 24.0 Å². The Labute approximate surface area is 121 Å². The molecule has 0 fully saturated rings. The van der Waals surface area contributed by atoms with Crippen molar-refractivity contribution in [3.63, 3.8) is 0 Å². The lowest BCUT2D eigenvalue weighted by atomic mass is 10.3. The third kappa shape index (κ3) is 9.20. The number of aliphatic imine (C=N–C) groups is 1. The van der Waals surface area contributed by atoms with E-state index in [0.717, 1.165) is 13.1 Å². The minimum Gasteiger partial charge on any atom is -0.370 e. The highest BCUT2D eigenvalue weighted by Gasteiger charge is 2.08. The molecule has 1 amide bonds. The van der Waals surface area contributed by atoms with Crippen LogP contribution in [0.25, 0.3) is 0 Å². The number of halogens is 1. The van der Waals surface area contributed by atoms with E-state index in [1.165, 1.54) is 0 Å². The van der Waals surface area contributed by atoms with Gasteiger partial charge in [0, 0.05) is 25.6 Å². The van der Waals surface area contributed by atoms with Gasteiger partial charge in [-0.05, 0) is 27.7 Å².